The number of hydrogen-bond acceptors (Lipinski definition) is 4. The van der Waals surface area contributed by atoms with Crippen LogP contribution < -0.4 is 5.73 Å². The standard InChI is InChI=1S/C10H19NO3/c1-10(2)13-8-4-3-6(7(12)5-11)9(8)14-10/h6-9,12H,3-5,11H2,1-2H3/t6-,7?,8+,9-/m0/s1. The number of ether oxygens (including phenoxy) is 2. The van der Waals surface area contributed by atoms with Crippen LogP contribution in [0.15, 0.2) is 0 Å². The van der Waals surface area contributed by atoms with Crippen LogP contribution in [0.2, 0.25) is 0 Å². The van der Waals surface area contributed by atoms with Crippen molar-refractivity contribution >= 4 is 0 Å². The molecular weight excluding hydrogens is 182 g/mol. The van der Waals surface area contributed by atoms with Crippen LogP contribution in [0, 0.1) is 5.92 Å². The average Bonchev–Trinajstić information content (AvgIpc) is 2.58. The van der Waals surface area contributed by atoms with E-state index in [9.17, 15) is 5.11 Å². The Balaban J connectivity index is 2.04. The molecule has 4 atom stereocenters. The van der Waals surface area contributed by atoms with E-state index in [1.165, 1.54) is 0 Å². The average molecular weight is 201 g/mol. The van der Waals surface area contributed by atoms with Crippen molar-refractivity contribution in [3.05, 3.63) is 0 Å². The zero-order valence-corrected chi connectivity index (χ0v) is 8.77. The SMILES string of the molecule is CC1(C)O[C@@H]2[C@@H](CC[C@H]2C(O)CN)O1. The van der Waals surface area contributed by atoms with E-state index in [1.54, 1.807) is 0 Å². The van der Waals surface area contributed by atoms with E-state index < -0.39 is 11.9 Å². The number of hydrogen-bond donors (Lipinski definition) is 2. The van der Waals surface area contributed by atoms with Gasteiger partial charge in [0.25, 0.3) is 0 Å². The number of rotatable bonds is 2. The molecule has 82 valence electrons. The predicted molar refractivity (Wildman–Crippen MR) is 51.6 cm³/mol. The fourth-order valence-electron chi connectivity index (χ4n) is 2.56. The van der Waals surface area contributed by atoms with Crippen LogP contribution in [0.5, 0.6) is 0 Å². The minimum Gasteiger partial charge on any atom is -0.391 e. The normalized spacial score (nSPS) is 42.4. The van der Waals surface area contributed by atoms with Crippen molar-refractivity contribution in [1.82, 2.24) is 0 Å². The van der Waals surface area contributed by atoms with Gasteiger partial charge in [-0.25, -0.2) is 0 Å². The van der Waals surface area contributed by atoms with Crippen LogP contribution in [0.1, 0.15) is 26.7 Å². The largest absolute Gasteiger partial charge is 0.391 e. The van der Waals surface area contributed by atoms with Crippen molar-refractivity contribution in [3.8, 4) is 0 Å². The Hall–Kier alpha value is -0.160. The molecule has 4 heteroatoms. The van der Waals surface area contributed by atoms with Crippen LogP contribution >= 0.6 is 0 Å². The van der Waals surface area contributed by atoms with Crippen molar-refractivity contribution in [2.24, 2.45) is 11.7 Å². The first kappa shape index (κ1) is 10.4. The molecule has 4 nitrogen and oxygen atoms in total. The van der Waals surface area contributed by atoms with Gasteiger partial charge in [-0.15, -0.1) is 0 Å². The van der Waals surface area contributed by atoms with Gasteiger partial charge in [-0.1, -0.05) is 0 Å². The molecule has 14 heavy (non-hydrogen) atoms. The Bertz CT molecular complexity index is 219. The molecule has 3 N–H and O–H groups in total. The van der Waals surface area contributed by atoms with Crippen LogP contribution in [0.25, 0.3) is 0 Å². The molecule has 0 spiro atoms. The molecule has 1 aliphatic carbocycles. The van der Waals surface area contributed by atoms with E-state index in [0.717, 1.165) is 12.8 Å². The summed E-state index contributed by atoms with van der Waals surface area (Å²) in [5.74, 6) is -0.353. The van der Waals surface area contributed by atoms with Gasteiger partial charge in [0.15, 0.2) is 5.79 Å². The molecule has 1 aliphatic heterocycles. The van der Waals surface area contributed by atoms with Crippen LogP contribution in [0.4, 0.5) is 0 Å². The quantitative estimate of drug-likeness (QED) is 0.671. The van der Waals surface area contributed by atoms with Gasteiger partial charge in [0.05, 0.1) is 18.3 Å². The van der Waals surface area contributed by atoms with Crippen molar-refractivity contribution < 1.29 is 14.6 Å². The molecular formula is C10H19NO3. The first-order valence-corrected chi connectivity index (χ1v) is 5.27. The van der Waals surface area contributed by atoms with Gasteiger partial charge in [-0.2, -0.15) is 0 Å². The molecule has 2 fully saturated rings. The first-order valence-electron chi connectivity index (χ1n) is 5.27. The van der Waals surface area contributed by atoms with E-state index in [0.29, 0.717) is 6.54 Å². The Kier molecular flexibility index (Phi) is 2.55. The topological polar surface area (TPSA) is 64.7 Å². The summed E-state index contributed by atoms with van der Waals surface area (Å²) in [6.45, 7) is 4.13. The highest BCUT2D eigenvalue weighted by molar-refractivity contribution is 4.95. The second-order valence-corrected chi connectivity index (χ2v) is 4.68. The highest BCUT2D eigenvalue weighted by atomic mass is 16.8. The third-order valence-corrected chi connectivity index (χ3v) is 3.16. The van der Waals surface area contributed by atoms with Gasteiger partial charge in [0.2, 0.25) is 0 Å². The smallest absolute Gasteiger partial charge is 0.163 e. The summed E-state index contributed by atoms with van der Waals surface area (Å²) >= 11 is 0. The fraction of sp³-hybridized carbons (Fsp3) is 1.00. The predicted octanol–water partition coefficient (Wildman–Crippen LogP) is 0.236. The number of nitrogens with two attached hydrogens (primary N) is 1. The van der Waals surface area contributed by atoms with Gasteiger partial charge in [0, 0.05) is 12.5 Å². The Labute approximate surface area is 84.4 Å². The molecule has 1 saturated carbocycles. The van der Waals surface area contributed by atoms with E-state index in [-0.39, 0.29) is 18.1 Å². The Morgan fingerprint density at radius 1 is 1.43 bits per heavy atom. The molecule has 0 bridgehead atoms. The lowest BCUT2D eigenvalue weighted by molar-refractivity contribution is -0.160. The highest BCUT2D eigenvalue weighted by Crippen LogP contribution is 2.42. The lowest BCUT2D eigenvalue weighted by Crippen LogP contribution is -2.37. The minimum absolute atomic E-state index is 0.0311. The third kappa shape index (κ3) is 1.67. The number of fused-ring (bicyclic) bond motifs is 1. The lowest BCUT2D eigenvalue weighted by Gasteiger charge is -2.24. The van der Waals surface area contributed by atoms with Gasteiger partial charge in [0.1, 0.15) is 0 Å². The third-order valence-electron chi connectivity index (χ3n) is 3.16. The summed E-state index contributed by atoms with van der Waals surface area (Å²) in [6, 6.07) is 0. The summed E-state index contributed by atoms with van der Waals surface area (Å²) < 4.78 is 11.5. The van der Waals surface area contributed by atoms with Crippen molar-refractivity contribution in [3.63, 3.8) is 0 Å². The molecule has 0 aromatic heterocycles. The zero-order chi connectivity index (χ0) is 10.3. The molecule has 1 saturated heterocycles. The summed E-state index contributed by atoms with van der Waals surface area (Å²) in [5.41, 5.74) is 5.46. The molecule has 1 heterocycles. The fourth-order valence-corrected chi connectivity index (χ4v) is 2.56. The van der Waals surface area contributed by atoms with Gasteiger partial charge < -0.3 is 20.3 Å². The second-order valence-electron chi connectivity index (χ2n) is 4.68. The summed E-state index contributed by atoms with van der Waals surface area (Å²) in [5, 5.41) is 9.71. The van der Waals surface area contributed by atoms with Gasteiger partial charge in [-0.3, -0.25) is 0 Å². The van der Waals surface area contributed by atoms with Crippen molar-refractivity contribution in [2.75, 3.05) is 6.54 Å². The molecule has 0 radical (unpaired) electrons. The Morgan fingerprint density at radius 3 is 2.79 bits per heavy atom. The minimum atomic E-state index is -0.498. The summed E-state index contributed by atoms with van der Waals surface area (Å²) in [7, 11) is 0. The first-order chi connectivity index (χ1) is 6.53. The van der Waals surface area contributed by atoms with Crippen molar-refractivity contribution in [1.29, 1.82) is 0 Å². The maximum Gasteiger partial charge on any atom is 0.163 e. The summed E-state index contributed by atoms with van der Waals surface area (Å²) in [6.07, 6.45) is 1.64. The van der Waals surface area contributed by atoms with Gasteiger partial charge in [-0.05, 0) is 26.7 Å². The van der Waals surface area contributed by atoms with Crippen LogP contribution in [-0.2, 0) is 9.47 Å². The molecule has 0 aromatic carbocycles. The number of aliphatic hydroxyl groups excluding tert-OH is 1. The van der Waals surface area contributed by atoms with E-state index in [1.807, 2.05) is 13.8 Å². The summed E-state index contributed by atoms with van der Waals surface area (Å²) in [4.78, 5) is 0. The van der Waals surface area contributed by atoms with Crippen molar-refractivity contribution in [2.45, 2.75) is 50.8 Å². The molecule has 0 aromatic rings. The monoisotopic (exact) mass is 201 g/mol. The van der Waals surface area contributed by atoms with E-state index in [4.69, 9.17) is 15.2 Å². The maximum absolute atomic E-state index is 9.71. The molecule has 2 aliphatic rings. The lowest BCUT2D eigenvalue weighted by atomic mass is 9.98. The molecule has 0 amide bonds. The maximum atomic E-state index is 9.71. The van der Waals surface area contributed by atoms with E-state index >= 15 is 0 Å². The van der Waals surface area contributed by atoms with Gasteiger partial charge >= 0.3 is 0 Å². The van der Waals surface area contributed by atoms with E-state index in [2.05, 4.69) is 0 Å². The molecule has 1 unspecified atom stereocenters. The number of aliphatic hydroxyl groups is 1. The zero-order valence-electron chi connectivity index (χ0n) is 8.77. The second kappa shape index (κ2) is 3.45. The van der Waals surface area contributed by atoms with Crippen LogP contribution in [-0.4, -0.2) is 35.8 Å². The Morgan fingerprint density at radius 2 is 2.14 bits per heavy atom. The highest BCUT2D eigenvalue weighted by Gasteiger charge is 2.50. The molecule has 2 rings (SSSR count). The van der Waals surface area contributed by atoms with Crippen LogP contribution in [0.3, 0.4) is 0 Å².